The van der Waals surface area contributed by atoms with E-state index in [0.717, 1.165) is 22.3 Å². The van der Waals surface area contributed by atoms with Gasteiger partial charge in [-0.05, 0) is 139 Å². The van der Waals surface area contributed by atoms with Gasteiger partial charge in [0, 0.05) is 147 Å². The van der Waals surface area contributed by atoms with E-state index in [1.165, 1.54) is 112 Å². The number of H-pyrrole nitrogens is 4. The predicted molar refractivity (Wildman–Crippen MR) is 482 cm³/mol. The Morgan fingerprint density at radius 2 is 0.651 bits per heavy atom. The Kier molecular flexibility index (Phi) is 27.5. The van der Waals surface area contributed by atoms with Crippen LogP contribution < -0.4 is 37.6 Å². The van der Waals surface area contributed by atoms with Gasteiger partial charge in [-0.15, -0.1) is 0 Å². The summed E-state index contributed by atoms with van der Waals surface area (Å²) in [4.78, 5) is 164. The molecule has 37 heteroatoms. The average Bonchev–Trinajstić information content (AvgIpc) is 1.68. The number of ketones is 4. The third-order valence-corrected chi connectivity index (χ3v) is 20.4. The molecule has 0 radical (unpaired) electrons. The van der Waals surface area contributed by atoms with Crippen molar-refractivity contribution in [2.75, 3.05) is 49.5 Å². The molecule has 12 heterocycles. The number of halogens is 5. The van der Waals surface area contributed by atoms with Crippen molar-refractivity contribution in [3.63, 3.8) is 0 Å². The fraction of sp³-hybridized carbons (Fsp3) is 0.174. The number of benzene rings is 4. The molecule has 12 N–H and O–H groups in total. The number of aromatic nitrogens is 16. The van der Waals surface area contributed by atoms with Gasteiger partial charge in [0.25, 0.3) is 46.8 Å². The van der Waals surface area contributed by atoms with Gasteiger partial charge >= 0.3 is 0 Å². The molecule has 0 aliphatic rings. The zero-order valence-electron chi connectivity index (χ0n) is 71.3. The molecule has 32 nitrogen and oxygen atoms in total. The highest BCUT2D eigenvalue weighted by Gasteiger charge is 2.29. The quantitative estimate of drug-likeness (QED) is 0.0152. The molecule has 0 unspecified atom stereocenters. The normalized spacial score (nSPS) is 11.1. The van der Waals surface area contributed by atoms with Crippen LogP contribution in [0.15, 0.2) is 190 Å². The summed E-state index contributed by atoms with van der Waals surface area (Å²) in [6, 6.07) is 28.7. The Morgan fingerprint density at radius 3 is 0.930 bits per heavy atom. The van der Waals surface area contributed by atoms with Crippen molar-refractivity contribution in [2.24, 2.45) is 5.73 Å². The van der Waals surface area contributed by atoms with Crippen LogP contribution in [0.3, 0.4) is 0 Å². The van der Waals surface area contributed by atoms with Crippen LogP contribution in [0.5, 0.6) is 0 Å². The van der Waals surface area contributed by atoms with Crippen LogP contribution in [0.25, 0.3) is 89.7 Å². The lowest BCUT2D eigenvalue weighted by molar-refractivity contribution is -0.124. The number of anilines is 8. The van der Waals surface area contributed by atoms with Crippen LogP contribution >= 0.6 is 11.6 Å². The van der Waals surface area contributed by atoms with Gasteiger partial charge in [0.05, 0.1) is 72.1 Å². The maximum Gasteiger partial charge on any atom is 0.294 e. The van der Waals surface area contributed by atoms with Crippen LogP contribution in [-0.2, 0) is 19.2 Å². The first kappa shape index (κ1) is 90.5. The van der Waals surface area contributed by atoms with E-state index in [-0.39, 0.29) is 74.8 Å². The van der Waals surface area contributed by atoms with E-state index in [1.807, 2.05) is 55.4 Å². The minimum absolute atomic E-state index is 0.0429. The number of carbonyl (C=O) groups is 8. The smallest absolute Gasteiger partial charge is 0.294 e. The van der Waals surface area contributed by atoms with E-state index in [2.05, 4.69) is 112 Å². The molecule has 0 saturated heterocycles. The molecular formula is C92H83ClF4N24O8. The van der Waals surface area contributed by atoms with Crippen molar-refractivity contribution in [1.82, 2.24) is 95.3 Å². The van der Waals surface area contributed by atoms with Crippen LogP contribution in [-0.4, -0.2) is 160 Å². The zero-order valence-corrected chi connectivity index (χ0v) is 72.0. The molecule has 16 rings (SSSR count). The van der Waals surface area contributed by atoms with Gasteiger partial charge in [-0.1, -0.05) is 67.0 Å². The van der Waals surface area contributed by atoms with E-state index < -0.39 is 52.6 Å². The summed E-state index contributed by atoms with van der Waals surface area (Å²) in [6.07, 6.45) is 18.9. The lowest BCUT2D eigenvalue weighted by Gasteiger charge is -2.16. The first-order valence-electron chi connectivity index (χ1n) is 40.1. The van der Waals surface area contributed by atoms with Gasteiger partial charge in [-0.25, -0.2) is 77.4 Å². The van der Waals surface area contributed by atoms with Crippen LogP contribution in [0.1, 0.15) is 143 Å². The number of amides is 4. The first-order valence-corrected chi connectivity index (χ1v) is 40.4. The molecule has 0 spiro atoms. The average molecular weight is 1760 g/mol. The Hall–Kier alpha value is -16.3. The summed E-state index contributed by atoms with van der Waals surface area (Å²) in [7, 11) is 5.84. The largest absolute Gasteiger partial charge is 0.363 e. The summed E-state index contributed by atoms with van der Waals surface area (Å²) in [6.45, 7) is 16.0. The highest BCUT2D eigenvalue weighted by Crippen LogP contribution is 2.39. The van der Waals surface area contributed by atoms with E-state index >= 15 is 0 Å². The van der Waals surface area contributed by atoms with E-state index in [9.17, 15) is 55.9 Å². The summed E-state index contributed by atoms with van der Waals surface area (Å²) < 4.78 is 54.4. The van der Waals surface area contributed by atoms with Crippen LogP contribution in [0.2, 0.25) is 5.02 Å². The zero-order chi connectivity index (χ0) is 92.3. The fourth-order valence-corrected chi connectivity index (χ4v) is 13.6. The number of nitrogens with two attached hydrogens (primary N) is 1. The number of nitrogens with zero attached hydrogens (tertiary/aromatic N) is 13. The van der Waals surface area contributed by atoms with Crippen molar-refractivity contribution < 1.29 is 55.9 Å². The van der Waals surface area contributed by atoms with Crippen molar-refractivity contribution in [3.05, 3.63) is 262 Å². The lowest BCUT2D eigenvalue weighted by atomic mass is 10.0. The van der Waals surface area contributed by atoms with Crippen molar-refractivity contribution in [2.45, 2.75) is 79.1 Å². The molecule has 0 aliphatic heterocycles. The number of hydrogen-bond donors (Lipinski definition) is 11. The van der Waals surface area contributed by atoms with Crippen molar-refractivity contribution >= 4 is 149 Å². The molecule has 0 fully saturated rings. The molecule has 0 aliphatic carbocycles. The maximum atomic E-state index is 14.4. The number of Topliss-reactive ketones (excluding diaryl/α,β-unsaturated/α-hetero) is 4. The second-order valence-corrected chi connectivity index (χ2v) is 30.9. The van der Waals surface area contributed by atoms with Gasteiger partial charge in [-0.3, -0.25) is 38.4 Å². The van der Waals surface area contributed by atoms with Gasteiger partial charge in [-0.2, -0.15) is 0 Å². The third kappa shape index (κ3) is 20.1. The third-order valence-electron chi connectivity index (χ3n) is 20.2. The standard InChI is InChI=1S/C24H23FN6O2.C23H20ClFN6O2.C23H21FN6O2.C22H19FN6O2/c1-13(2)16-11-27-21(14-5-7-15(25)8-6-14)30-22(16)29-18-9-10-26-23-19(18)17(12-28-23)20(32)24(33)31(3)4;1-11(2)14-9-28-20(13-8-12(24)4-5-16(13)25)31-21(14)30-17-6-7-27-22-18(17)15(10-29-22)19(32)23(33)26-3;1-12(2)15-10-27-20(13-4-6-14(24)7-5-13)30-21(15)29-17-8-9-26-22-18(17)16(11-28-22)19(31)23(32)25-3;1-11(2)14-9-26-20(12-3-5-13(23)6-4-12)29-21(14)28-16-7-8-25-22-17(16)15(10-27-22)18(30)19(24)31/h5-13H,1-4H3,(H2,26,27,28,29,30);4-11H,1-3H3,(H,26,33)(H2,27,28,29,30,31);4-12H,1-3H3,(H,25,32)(H2,26,27,28,29,30);3-11H,1-2H3,(H2,24,31)(H2,25,26,27,28,29). The summed E-state index contributed by atoms with van der Waals surface area (Å²) in [5.74, 6) is -3.68. The highest BCUT2D eigenvalue weighted by molar-refractivity contribution is 6.47. The topological polar surface area (TPSA) is 456 Å². The maximum absolute atomic E-state index is 14.4. The van der Waals surface area contributed by atoms with E-state index in [0.29, 0.717) is 129 Å². The molecule has 129 heavy (non-hydrogen) atoms. The first-order chi connectivity index (χ1) is 61.8. The molecule has 0 saturated carbocycles. The van der Waals surface area contributed by atoms with Crippen LogP contribution in [0.4, 0.5) is 63.6 Å². The number of fused-ring (bicyclic) bond motifs is 4. The number of hydrogen-bond acceptors (Lipinski definition) is 24. The molecule has 0 atom stereocenters. The number of pyridine rings is 4. The number of rotatable bonds is 24. The second-order valence-electron chi connectivity index (χ2n) is 30.4. The minimum Gasteiger partial charge on any atom is -0.363 e. The molecule has 16 aromatic rings. The highest BCUT2D eigenvalue weighted by atomic mass is 35.5. The molecule has 12 aromatic heterocycles. The van der Waals surface area contributed by atoms with E-state index in [1.54, 1.807) is 110 Å². The van der Waals surface area contributed by atoms with Crippen LogP contribution in [0, 0.1) is 23.3 Å². The summed E-state index contributed by atoms with van der Waals surface area (Å²) in [5.41, 5.74) is 15.3. The Balaban J connectivity index is 0.000000147. The number of likely N-dealkylation sites (N-methyl/N-ethyl adjacent to an activating group) is 3. The SMILES string of the molecule is CC(C)c1cnc(-c2ccc(F)cc2)nc1Nc1ccnc2[nH]cc(C(=O)C(=O)N(C)C)c12.CC(C)c1cnc(-c2ccc(F)cc2)nc1Nc1ccnc2[nH]cc(C(=O)C(N)=O)c12.CNC(=O)C(=O)c1c[nH]c2nccc(Nc3nc(-c4cc(Cl)ccc4F)ncc3C(C)C)c12.CNC(=O)C(=O)c1c[nH]c2nccc(Nc3nc(-c4ccc(F)cc4)ncc3C(C)C)c12. The van der Waals surface area contributed by atoms with Gasteiger partial charge < -0.3 is 62.5 Å². The number of nitrogens with one attached hydrogen (secondary N) is 10. The second kappa shape index (κ2) is 39.3. The Bertz CT molecular complexity index is 7000. The molecule has 4 aromatic carbocycles. The molecule has 4 amide bonds. The predicted octanol–water partition coefficient (Wildman–Crippen LogP) is 16.6. The van der Waals surface area contributed by atoms with Gasteiger partial charge in [0.15, 0.2) is 23.3 Å². The number of aromatic amines is 4. The Morgan fingerprint density at radius 1 is 0.372 bits per heavy atom. The van der Waals surface area contributed by atoms with Gasteiger partial charge in [0.2, 0.25) is 0 Å². The molecule has 0 bridgehead atoms. The summed E-state index contributed by atoms with van der Waals surface area (Å²) >= 11 is 6.04. The Labute approximate surface area is 738 Å². The van der Waals surface area contributed by atoms with Crippen molar-refractivity contribution in [1.29, 1.82) is 0 Å². The minimum atomic E-state index is -1.06. The number of primary amides is 1. The lowest BCUT2D eigenvalue weighted by Crippen LogP contribution is -2.29. The number of carbonyl (C=O) groups excluding carboxylic acids is 8. The van der Waals surface area contributed by atoms with E-state index in [4.69, 9.17) is 17.3 Å². The molecule has 654 valence electrons. The van der Waals surface area contributed by atoms with Gasteiger partial charge in [0.1, 0.15) is 69.1 Å². The summed E-state index contributed by atoms with van der Waals surface area (Å²) in [5, 5.41) is 20.0. The van der Waals surface area contributed by atoms with Crippen molar-refractivity contribution in [3.8, 4) is 45.6 Å². The fourth-order valence-electron chi connectivity index (χ4n) is 13.5. The monoisotopic (exact) mass is 1760 g/mol. The molecular weight excluding hydrogens is 1680 g/mol.